The third kappa shape index (κ3) is 2.18. The molecule has 0 aliphatic carbocycles. The molecule has 2 rings (SSSR count). The molecule has 1 aromatic carbocycles. The van der Waals surface area contributed by atoms with Crippen molar-refractivity contribution in [2.24, 2.45) is 0 Å². The van der Waals surface area contributed by atoms with Gasteiger partial charge in [-0.15, -0.1) is 0 Å². The van der Waals surface area contributed by atoms with Gasteiger partial charge in [0.15, 0.2) is 0 Å². The lowest BCUT2D eigenvalue weighted by Crippen LogP contribution is -2.06. The fraction of sp³-hybridized carbons (Fsp3) is 0.167. The van der Waals surface area contributed by atoms with Crippen LogP contribution in [0.4, 0.5) is 10.1 Å². The van der Waals surface area contributed by atoms with E-state index in [0.29, 0.717) is 5.69 Å². The van der Waals surface area contributed by atoms with Crippen LogP contribution in [0.5, 0.6) is 0 Å². The van der Waals surface area contributed by atoms with E-state index in [1.807, 2.05) is 13.0 Å². The Balaban J connectivity index is 2.13. The Kier molecular flexibility index (Phi) is 2.72. The van der Waals surface area contributed by atoms with Gasteiger partial charge in [0.2, 0.25) is 0 Å². The van der Waals surface area contributed by atoms with Crippen LogP contribution in [0.15, 0.2) is 47.3 Å². The van der Waals surface area contributed by atoms with E-state index in [1.165, 1.54) is 6.07 Å². The molecular formula is C12H12FNO. The Morgan fingerprint density at radius 2 is 2.07 bits per heavy atom. The van der Waals surface area contributed by atoms with Crippen LogP contribution < -0.4 is 5.32 Å². The van der Waals surface area contributed by atoms with Crippen LogP contribution in [0, 0.1) is 5.82 Å². The third-order valence-electron chi connectivity index (χ3n) is 2.29. The summed E-state index contributed by atoms with van der Waals surface area (Å²) in [6, 6.07) is 8.51. The maximum absolute atomic E-state index is 13.3. The van der Waals surface area contributed by atoms with Crippen LogP contribution in [-0.2, 0) is 0 Å². The van der Waals surface area contributed by atoms with Crippen molar-refractivity contribution in [3.63, 3.8) is 0 Å². The topological polar surface area (TPSA) is 25.2 Å². The van der Waals surface area contributed by atoms with Crippen LogP contribution in [-0.4, -0.2) is 0 Å². The molecule has 78 valence electrons. The molecule has 0 aliphatic heterocycles. The summed E-state index contributed by atoms with van der Waals surface area (Å²) in [5.74, 6) is -0.243. The molecule has 0 saturated heterocycles. The van der Waals surface area contributed by atoms with Crippen LogP contribution in [0.3, 0.4) is 0 Å². The lowest BCUT2D eigenvalue weighted by molar-refractivity contribution is 0.562. The third-order valence-corrected chi connectivity index (χ3v) is 2.29. The van der Waals surface area contributed by atoms with Gasteiger partial charge in [0.25, 0.3) is 0 Å². The first kappa shape index (κ1) is 9.77. The van der Waals surface area contributed by atoms with E-state index in [9.17, 15) is 4.39 Å². The summed E-state index contributed by atoms with van der Waals surface area (Å²) in [5.41, 5.74) is 1.50. The van der Waals surface area contributed by atoms with Gasteiger partial charge in [0, 0.05) is 5.56 Å². The predicted molar refractivity (Wildman–Crippen MR) is 57.1 cm³/mol. The Labute approximate surface area is 87.7 Å². The number of nitrogens with one attached hydrogen (secondary N) is 1. The summed E-state index contributed by atoms with van der Waals surface area (Å²) < 4.78 is 18.3. The second-order valence-electron chi connectivity index (χ2n) is 3.40. The van der Waals surface area contributed by atoms with Gasteiger partial charge in [-0.25, -0.2) is 4.39 Å². The average molecular weight is 205 g/mol. The smallest absolute Gasteiger partial charge is 0.146 e. The van der Waals surface area contributed by atoms with Crippen LogP contribution in [0.2, 0.25) is 0 Å². The highest BCUT2D eigenvalue weighted by Gasteiger charge is 2.08. The number of hydrogen-bond donors (Lipinski definition) is 1. The van der Waals surface area contributed by atoms with Gasteiger partial charge in [-0.3, -0.25) is 0 Å². The average Bonchev–Trinajstić information content (AvgIpc) is 2.74. The van der Waals surface area contributed by atoms with Crippen molar-refractivity contribution in [2.45, 2.75) is 13.0 Å². The monoisotopic (exact) mass is 205 g/mol. The van der Waals surface area contributed by atoms with E-state index in [4.69, 9.17) is 4.42 Å². The second kappa shape index (κ2) is 4.17. The van der Waals surface area contributed by atoms with Crippen molar-refractivity contribution < 1.29 is 8.81 Å². The largest absolute Gasteiger partial charge is 0.472 e. The number of halogens is 1. The lowest BCUT2D eigenvalue weighted by atomic mass is 10.1. The van der Waals surface area contributed by atoms with E-state index in [2.05, 4.69) is 5.32 Å². The Morgan fingerprint density at radius 1 is 1.27 bits per heavy atom. The van der Waals surface area contributed by atoms with Crippen molar-refractivity contribution in [2.75, 3.05) is 5.32 Å². The molecule has 1 atom stereocenters. The van der Waals surface area contributed by atoms with Gasteiger partial charge in [-0.05, 0) is 25.1 Å². The minimum Gasteiger partial charge on any atom is -0.472 e. The van der Waals surface area contributed by atoms with Crippen LogP contribution >= 0.6 is 0 Å². The van der Waals surface area contributed by atoms with Crippen molar-refractivity contribution >= 4 is 5.69 Å². The highest BCUT2D eigenvalue weighted by molar-refractivity contribution is 5.46. The normalized spacial score (nSPS) is 12.4. The summed E-state index contributed by atoms with van der Waals surface area (Å²) in [4.78, 5) is 0. The highest BCUT2D eigenvalue weighted by atomic mass is 19.1. The summed E-state index contributed by atoms with van der Waals surface area (Å²) in [7, 11) is 0. The molecular weight excluding hydrogens is 193 g/mol. The number of hydrogen-bond acceptors (Lipinski definition) is 2. The molecule has 2 nitrogen and oxygen atoms in total. The molecule has 3 heteroatoms. The zero-order valence-corrected chi connectivity index (χ0v) is 8.41. The summed E-state index contributed by atoms with van der Waals surface area (Å²) >= 11 is 0. The van der Waals surface area contributed by atoms with E-state index >= 15 is 0 Å². The quantitative estimate of drug-likeness (QED) is 0.828. The van der Waals surface area contributed by atoms with Crippen molar-refractivity contribution in [1.82, 2.24) is 0 Å². The molecule has 15 heavy (non-hydrogen) atoms. The Morgan fingerprint density at radius 3 is 2.73 bits per heavy atom. The van der Waals surface area contributed by atoms with Crippen molar-refractivity contribution in [1.29, 1.82) is 0 Å². The molecule has 0 fully saturated rings. The van der Waals surface area contributed by atoms with Gasteiger partial charge < -0.3 is 9.73 Å². The summed E-state index contributed by atoms with van der Waals surface area (Å²) in [6.45, 7) is 1.96. The molecule has 1 unspecified atom stereocenters. The predicted octanol–water partition coefficient (Wildman–Crippen LogP) is 3.59. The summed E-state index contributed by atoms with van der Waals surface area (Å²) in [6.07, 6.45) is 3.26. The van der Waals surface area contributed by atoms with E-state index in [-0.39, 0.29) is 11.9 Å². The van der Waals surface area contributed by atoms with E-state index in [1.54, 1.807) is 30.7 Å². The molecule has 1 aromatic heterocycles. The molecule has 0 spiro atoms. The first-order valence-corrected chi connectivity index (χ1v) is 4.80. The fourth-order valence-electron chi connectivity index (χ4n) is 1.42. The maximum Gasteiger partial charge on any atom is 0.146 e. The van der Waals surface area contributed by atoms with Crippen LogP contribution in [0.1, 0.15) is 18.5 Å². The van der Waals surface area contributed by atoms with Gasteiger partial charge in [0.05, 0.1) is 24.3 Å². The molecule has 0 radical (unpaired) electrons. The van der Waals surface area contributed by atoms with Gasteiger partial charge in [-0.2, -0.15) is 0 Å². The number of para-hydroxylation sites is 1. The first-order valence-electron chi connectivity index (χ1n) is 4.80. The Hall–Kier alpha value is -1.77. The fourth-order valence-corrected chi connectivity index (χ4v) is 1.42. The standard InChI is InChI=1S/C12H12FNO/c1-9(10-6-7-15-8-10)14-12-5-3-2-4-11(12)13/h2-9,14H,1H3. The number of furan rings is 1. The van der Waals surface area contributed by atoms with E-state index in [0.717, 1.165) is 5.56 Å². The Bertz CT molecular complexity index is 425. The zero-order chi connectivity index (χ0) is 10.7. The van der Waals surface area contributed by atoms with Gasteiger partial charge in [-0.1, -0.05) is 12.1 Å². The number of rotatable bonds is 3. The molecule has 2 aromatic rings. The van der Waals surface area contributed by atoms with Crippen LogP contribution in [0.25, 0.3) is 0 Å². The molecule has 0 saturated carbocycles. The highest BCUT2D eigenvalue weighted by Crippen LogP contribution is 2.21. The minimum atomic E-state index is -0.243. The van der Waals surface area contributed by atoms with Crippen molar-refractivity contribution in [3.05, 3.63) is 54.2 Å². The molecule has 0 amide bonds. The number of benzene rings is 1. The summed E-state index contributed by atoms with van der Waals surface area (Å²) in [5, 5.41) is 3.08. The lowest BCUT2D eigenvalue weighted by Gasteiger charge is -2.13. The minimum absolute atomic E-state index is 0.0284. The maximum atomic E-state index is 13.3. The first-order chi connectivity index (χ1) is 7.27. The molecule has 1 heterocycles. The number of anilines is 1. The second-order valence-corrected chi connectivity index (χ2v) is 3.40. The van der Waals surface area contributed by atoms with Gasteiger partial charge >= 0.3 is 0 Å². The molecule has 1 N–H and O–H groups in total. The molecule has 0 bridgehead atoms. The SMILES string of the molecule is CC(Nc1ccccc1F)c1ccoc1. The zero-order valence-electron chi connectivity index (χ0n) is 8.41. The van der Waals surface area contributed by atoms with Crippen molar-refractivity contribution in [3.8, 4) is 0 Å². The molecule has 0 aliphatic rings. The van der Waals surface area contributed by atoms with E-state index < -0.39 is 0 Å². The van der Waals surface area contributed by atoms with Gasteiger partial charge in [0.1, 0.15) is 5.82 Å².